The number of aryl methyl sites for hydroxylation is 1. The number of thioether (sulfide) groups is 2. The van der Waals surface area contributed by atoms with E-state index in [4.69, 9.17) is 0 Å². The molecular formula is C31H28N4S4. The summed E-state index contributed by atoms with van der Waals surface area (Å²) in [5.74, 6) is 0.789. The second kappa shape index (κ2) is 9.54. The first-order valence-corrected chi connectivity index (χ1v) is 16.9. The number of fused-ring (bicyclic) bond motifs is 4. The summed E-state index contributed by atoms with van der Waals surface area (Å²) in [4.78, 5) is 18.4. The van der Waals surface area contributed by atoms with Gasteiger partial charge in [0.2, 0.25) is 0 Å². The summed E-state index contributed by atoms with van der Waals surface area (Å²) in [5.41, 5.74) is 5.59. The van der Waals surface area contributed by atoms with Gasteiger partial charge >= 0.3 is 0 Å². The van der Waals surface area contributed by atoms with Crippen LogP contribution >= 0.6 is 46.2 Å². The Morgan fingerprint density at radius 2 is 1.46 bits per heavy atom. The lowest BCUT2D eigenvalue weighted by molar-refractivity contribution is 0.646. The van der Waals surface area contributed by atoms with Crippen LogP contribution in [-0.2, 0) is 0 Å². The minimum absolute atomic E-state index is 0.789. The maximum absolute atomic E-state index is 4.67. The van der Waals surface area contributed by atoms with Crippen LogP contribution in [0.15, 0.2) is 73.7 Å². The zero-order valence-corrected chi connectivity index (χ0v) is 25.2. The highest BCUT2D eigenvalue weighted by Crippen LogP contribution is 2.53. The maximum atomic E-state index is 4.67. The topological polar surface area (TPSA) is 31.2 Å². The molecule has 8 heteroatoms. The van der Waals surface area contributed by atoms with E-state index in [2.05, 4.69) is 87.5 Å². The number of nitrogens with zero attached hydrogens (tertiary/aromatic N) is 4. The lowest BCUT2D eigenvalue weighted by Gasteiger charge is -2.18. The molecule has 39 heavy (non-hydrogen) atoms. The number of rotatable bonds is 3. The van der Waals surface area contributed by atoms with Gasteiger partial charge in [-0.05, 0) is 62.3 Å². The predicted octanol–water partition coefficient (Wildman–Crippen LogP) is 8.71. The molecule has 1 aliphatic carbocycles. The lowest BCUT2D eigenvalue weighted by atomic mass is 10.1. The Labute approximate surface area is 245 Å². The average molecular weight is 585 g/mol. The van der Waals surface area contributed by atoms with Crippen molar-refractivity contribution in [1.82, 2.24) is 9.80 Å². The summed E-state index contributed by atoms with van der Waals surface area (Å²) in [6, 6.07) is 17.9. The molecule has 0 radical (unpaired) electrons. The molecule has 4 aromatic rings. The second-order valence-electron chi connectivity index (χ2n) is 10.4. The van der Waals surface area contributed by atoms with E-state index in [9.17, 15) is 0 Å². The van der Waals surface area contributed by atoms with E-state index in [1.54, 1.807) is 4.91 Å². The maximum Gasteiger partial charge on any atom is 0.168 e. The van der Waals surface area contributed by atoms with Gasteiger partial charge in [0, 0.05) is 59.1 Å². The van der Waals surface area contributed by atoms with Gasteiger partial charge in [0.1, 0.15) is 0 Å². The molecule has 5 aliphatic rings. The fourth-order valence-electron chi connectivity index (χ4n) is 5.93. The van der Waals surface area contributed by atoms with Crippen LogP contribution in [0.25, 0.3) is 31.6 Å². The summed E-state index contributed by atoms with van der Waals surface area (Å²) >= 11 is 7.44. The molecule has 0 spiro atoms. The Balaban J connectivity index is 0.000000121. The summed E-state index contributed by atoms with van der Waals surface area (Å²) in [6.45, 7) is 8.34. The van der Waals surface area contributed by atoms with Crippen LogP contribution in [0.3, 0.4) is 0 Å². The Morgan fingerprint density at radius 3 is 2.23 bits per heavy atom. The van der Waals surface area contributed by atoms with E-state index < -0.39 is 0 Å². The highest BCUT2D eigenvalue weighted by molar-refractivity contribution is 8.18. The van der Waals surface area contributed by atoms with Crippen LogP contribution in [0.1, 0.15) is 35.8 Å². The molecule has 4 aliphatic heterocycles. The number of allylic oxidation sites excluding steroid dienone is 2. The summed E-state index contributed by atoms with van der Waals surface area (Å²) in [5, 5.41) is 7.39. The normalized spacial score (nSPS) is 20.2. The van der Waals surface area contributed by atoms with E-state index in [-0.39, 0.29) is 0 Å². The van der Waals surface area contributed by atoms with E-state index in [0.29, 0.717) is 0 Å². The van der Waals surface area contributed by atoms with Crippen LogP contribution in [0, 0.1) is 12.8 Å². The number of thiophene rings is 2. The molecule has 1 saturated carbocycles. The summed E-state index contributed by atoms with van der Waals surface area (Å²) in [6.07, 6.45) is 2.71. The molecule has 1 fully saturated rings. The molecule has 0 saturated heterocycles. The molecule has 4 nitrogen and oxygen atoms in total. The molecule has 0 atom stereocenters. The number of benzene rings is 2. The van der Waals surface area contributed by atoms with Gasteiger partial charge in [-0.2, -0.15) is 0 Å². The minimum atomic E-state index is 0.789. The van der Waals surface area contributed by atoms with Crippen molar-refractivity contribution in [2.75, 3.05) is 26.2 Å². The van der Waals surface area contributed by atoms with Gasteiger partial charge in [0.25, 0.3) is 0 Å². The molecule has 0 bridgehead atoms. The van der Waals surface area contributed by atoms with Crippen LogP contribution in [0.4, 0.5) is 0 Å². The Kier molecular flexibility index (Phi) is 5.94. The molecule has 2 aromatic carbocycles. The minimum Gasteiger partial charge on any atom is -0.318 e. The molecule has 9 rings (SSSR count). The third kappa shape index (κ3) is 4.10. The number of aliphatic imine (C=N–C) groups is 2. The van der Waals surface area contributed by atoms with E-state index >= 15 is 0 Å². The quantitative estimate of drug-likeness (QED) is 0.241. The van der Waals surface area contributed by atoms with Crippen LogP contribution in [0.2, 0.25) is 0 Å². The van der Waals surface area contributed by atoms with Crippen molar-refractivity contribution in [3.8, 4) is 0 Å². The van der Waals surface area contributed by atoms with Crippen LogP contribution in [-0.4, -0.2) is 46.3 Å². The Bertz CT molecular complexity index is 1770. The van der Waals surface area contributed by atoms with Gasteiger partial charge in [-0.15, -0.1) is 22.7 Å². The molecule has 0 N–H and O–H groups in total. The Morgan fingerprint density at radius 1 is 0.769 bits per heavy atom. The highest BCUT2D eigenvalue weighted by Gasteiger charge is 2.40. The summed E-state index contributed by atoms with van der Waals surface area (Å²) < 4.78 is 2.77. The van der Waals surface area contributed by atoms with Gasteiger partial charge in [-0.1, -0.05) is 47.8 Å². The molecule has 2 aromatic heterocycles. The third-order valence-corrected chi connectivity index (χ3v) is 12.0. The van der Waals surface area contributed by atoms with Gasteiger partial charge < -0.3 is 9.80 Å². The average Bonchev–Trinajstić information content (AvgIpc) is 3.48. The third-order valence-electron chi connectivity index (χ3n) is 7.79. The van der Waals surface area contributed by atoms with E-state index in [1.807, 2.05) is 46.2 Å². The first-order chi connectivity index (χ1) is 19.2. The SMILES string of the molecule is CC1=C(c2cccc3sc(C)cc23)N2CCN=C2S1.c1cc(C2=C(C3CC3)SC3=NCCN32)c2ccsc2c1. The van der Waals surface area contributed by atoms with Gasteiger partial charge in [0.15, 0.2) is 10.3 Å². The monoisotopic (exact) mass is 584 g/mol. The smallest absolute Gasteiger partial charge is 0.168 e. The first-order valence-electron chi connectivity index (χ1n) is 13.6. The van der Waals surface area contributed by atoms with Crippen LogP contribution < -0.4 is 0 Å². The van der Waals surface area contributed by atoms with Crippen LogP contribution in [0.5, 0.6) is 0 Å². The van der Waals surface area contributed by atoms with Crippen molar-refractivity contribution in [1.29, 1.82) is 0 Å². The van der Waals surface area contributed by atoms with Crippen molar-refractivity contribution >= 4 is 88.1 Å². The largest absolute Gasteiger partial charge is 0.318 e. The molecule has 196 valence electrons. The second-order valence-corrected chi connectivity index (χ2v) is 14.9. The van der Waals surface area contributed by atoms with Gasteiger partial charge in [-0.3, -0.25) is 9.98 Å². The van der Waals surface area contributed by atoms with E-state index in [1.165, 1.54) is 75.7 Å². The molecule has 6 heterocycles. The first kappa shape index (κ1) is 24.3. The van der Waals surface area contributed by atoms with Crippen molar-refractivity contribution < 1.29 is 0 Å². The van der Waals surface area contributed by atoms with Crippen molar-refractivity contribution in [2.45, 2.75) is 26.7 Å². The molecule has 0 unspecified atom stereocenters. The summed E-state index contributed by atoms with van der Waals surface area (Å²) in [7, 11) is 0. The molecular weight excluding hydrogens is 557 g/mol. The number of hydrogen-bond donors (Lipinski definition) is 0. The van der Waals surface area contributed by atoms with Gasteiger partial charge in [-0.25, -0.2) is 0 Å². The van der Waals surface area contributed by atoms with Gasteiger partial charge in [0.05, 0.1) is 24.5 Å². The molecule has 0 amide bonds. The van der Waals surface area contributed by atoms with Crippen molar-refractivity contribution in [2.24, 2.45) is 15.9 Å². The van der Waals surface area contributed by atoms with Crippen molar-refractivity contribution in [3.63, 3.8) is 0 Å². The van der Waals surface area contributed by atoms with E-state index in [0.717, 1.165) is 32.1 Å². The number of amidine groups is 2. The standard InChI is InChI=1S/C16H14N2S2.C15H14N2S2/c1-2-12(11-6-9-19-13(11)3-1)14-15(10-4-5-10)20-16-17-7-8-18(14)16;1-9-8-12-11(4-3-5-13(12)18-9)14-10(2)19-15-16-6-7-17(14)15/h1-3,6,9-10H,4-5,7-8H2;3-5,8H,6-7H2,1-2H3. The zero-order valence-electron chi connectivity index (χ0n) is 21.9. The fraction of sp³-hybridized carbons (Fsp3) is 0.290. The fourth-order valence-corrected chi connectivity index (χ4v) is 10.1. The number of hydrogen-bond acceptors (Lipinski definition) is 8. The zero-order chi connectivity index (χ0) is 26.1. The Hall–Kier alpha value is -2.52. The highest BCUT2D eigenvalue weighted by atomic mass is 32.2. The lowest BCUT2D eigenvalue weighted by Crippen LogP contribution is -2.20. The predicted molar refractivity (Wildman–Crippen MR) is 174 cm³/mol. The van der Waals surface area contributed by atoms with Crippen molar-refractivity contribution in [3.05, 3.63) is 79.7 Å².